The van der Waals surface area contributed by atoms with Gasteiger partial charge >= 0.3 is 0 Å². The maximum absolute atomic E-state index is 12.2. The minimum absolute atomic E-state index is 0.113. The van der Waals surface area contributed by atoms with Crippen LogP contribution in [-0.4, -0.2) is 81.5 Å². The zero-order valence-electron chi connectivity index (χ0n) is 20.3. The van der Waals surface area contributed by atoms with Gasteiger partial charge in [-0.2, -0.15) is 0 Å². The molecule has 1 fully saturated rings. The van der Waals surface area contributed by atoms with E-state index in [0.29, 0.717) is 0 Å². The summed E-state index contributed by atoms with van der Waals surface area (Å²) in [5, 5.41) is 6.94. The zero-order chi connectivity index (χ0) is 26.1. The number of piperidine rings is 1. The topological polar surface area (TPSA) is 122 Å². The molecule has 0 saturated carbocycles. The average molecular weight is 520 g/mol. The summed E-state index contributed by atoms with van der Waals surface area (Å²) in [5.74, 6) is -1.96. The van der Waals surface area contributed by atoms with Crippen molar-refractivity contribution in [2.45, 2.75) is 25.8 Å². The van der Waals surface area contributed by atoms with Crippen LogP contribution in [0.15, 0.2) is 42.5 Å². The molecule has 36 heavy (non-hydrogen) atoms. The molecule has 2 aromatic rings. The first-order valence-electron chi connectivity index (χ1n) is 12.0. The number of benzene rings is 2. The Balaban J connectivity index is 1.47. The van der Waals surface area contributed by atoms with Gasteiger partial charge in [0.05, 0.1) is 19.6 Å². The number of carbonyl (C=O) groups excluding carboxylic acids is 3. The molecule has 1 saturated heterocycles. The summed E-state index contributed by atoms with van der Waals surface area (Å²) in [5.41, 5.74) is 1.27. The highest BCUT2D eigenvalue weighted by Crippen LogP contribution is 2.31. The molecule has 0 bridgehead atoms. The minimum Gasteiger partial charge on any atom is -0.760 e. The van der Waals surface area contributed by atoms with Crippen LogP contribution in [0.3, 0.4) is 0 Å². The van der Waals surface area contributed by atoms with Gasteiger partial charge in [0.15, 0.2) is 5.78 Å². The van der Waals surface area contributed by atoms with Crippen molar-refractivity contribution in [2.24, 2.45) is 5.92 Å². The van der Waals surface area contributed by atoms with Gasteiger partial charge in [0.1, 0.15) is 6.67 Å². The van der Waals surface area contributed by atoms with Crippen LogP contribution in [0.5, 0.6) is 0 Å². The van der Waals surface area contributed by atoms with Crippen molar-refractivity contribution in [3.05, 3.63) is 48.0 Å². The fourth-order valence-electron chi connectivity index (χ4n) is 4.50. The Bertz CT molecular complexity index is 1090. The van der Waals surface area contributed by atoms with Gasteiger partial charge in [-0.05, 0) is 55.1 Å². The van der Waals surface area contributed by atoms with Crippen LogP contribution in [0, 0.1) is 5.92 Å². The van der Waals surface area contributed by atoms with Gasteiger partial charge in [0.25, 0.3) is 0 Å². The van der Waals surface area contributed by atoms with Gasteiger partial charge in [-0.3, -0.25) is 23.5 Å². The molecule has 2 unspecified atom stereocenters. The summed E-state index contributed by atoms with van der Waals surface area (Å²) in [4.78, 5) is 37.1. The Labute approximate surface area is 212 Å². The van der Waals surface area contributed by atoms with Gasteiger partial charge in [-0.1, -0.05) is 42.5 Å². The number of hydrogen-bond donors (Lipinski definition) is 2. The highest BCUT2D eigenvalue weighted by atomic mass is 32.2. The molecule has 3 rings (SSSR count). The SMILES string of the molecule is CC(c1cccc2ccccc12)N1CCC(CN(CC(=O)NCC(=O)NCC(=O)CF)S(=O)[O-])CC1. The molecule has 2 aromatic carbocycles. The van der Waals surface area contributed by atoms with Crippen LogP contribution in [0.25, 0.3) is 10.8 Å². The van der Waals surface area contributed by atoms with E-state index in [9.17, 15) is 27.5 Å². The number of alkyl halides is 1. The number of carbonyl (C=O) groups is 3. The van der Waals surface area contributed by atoms with E-state index in [1.807, 2.05) is 12.1 Å². The third-order valence-corrected chi connectivity index (χ3v) is 7.24. The average Bonchev–Trinajstić information content (AvgIpc) is 2.89. The van der Waals surface area contributed by atoms with Crippen LogP contribution < -0.4 is 10.6 Å². The van der Waals surface area contributed by atoms with E-state index >= 15 is 0 Å². The highest BCUT2D eigenvalue weighted by molar-refractivity contribution is 7.76. The lowest BCUT2D eigenvalue weighted by Gasteiger charge is -2.38. The number of ketones is 1. The van der Waals surface area contributed by atoms with Crippen LogP contribution >= 0.6 is 0 Å². The number of nitrogens with one attached hydrogen (secondary N) is 2. The first kappa shape index (κ1) is 27.9. The standard InChI is InChI=1S/C25H33FN4O5S/c1-18(22-8-4-6-20-5-2-3-7-23(20)22)29-11-9-19(10-12-29)16-30(36(34)35)17-25(33)28-15-24(32)27-14-21(31)13-26/h2-8,18-19H,9-17H2,1H3,(H,27,32)(H,28,33)(H,34,35)/p-1. The molecule has 2 amide bonds. The van der Waals surface area contributed by atoms with Crippen molar-refractivity contribution < 1.29 is 27.5 Å². The molecule has 11 heteroatoms. The van der Waals surface area contributed by atoms with Crippen LogP contribution in [0.1, 0.15) is 31.4 Å². The molecule has 0 radical (unpaired) electrons. The summed E-state index contributed by atoms with van der Waals surface area (Å²) in [6.07, 6.45) is 1.60. The number of nitrogens with zero attached hydrogens (tertiary/aromatic N) is 2. The number of Topliss-reactive ketones (excluding diaryl/α,β-unsaturated/α-hetero) is 1. The second kappa shape index (κ2) is 13.5. The van der Waals surface area contributed by atoms with E-state index in [-0.39, 0.29) is 18.5 Å². The van der Waals surface area contributed by atoms with Crippen molar-refractivity contribution in [3.63, 3.8) is 0 Å². The lowest BCUT2D eigenvalue weighted by atomic mass is 9.93. The quantitative estimate of drug-likeness (QED) is 0.410. The summed E-state index contributed by atoms with van der Waals surface area (Å²) in [6.45, 7) is 1.57. The molecule has 0 spiro atoms. The summed E-state index contributed by atoms with van der Waals surface area (Å²) in [7, 11) is 0. The van der Waals surface area contributed by atoms with Gasteiger partial charge < -0.3 is 15.2 Å². The van der Waals surface area contributed by atoms with Crippen LogP contribution in [-0.2, 0) is 25.7 Å². The molecule has 1 heterocycles. The first-order valence-corrected chi connectivity index (χ1v) is 13.0. The maximum Gasteiger partial charge on any atom is 0.239 e. The predicted molar refractivity (Wildman–Crippen MR) is 134 cm³/mol. The van der Waals surface area contributed by atoms with Gasteiger partial charge in [-0.25, -0.2) is 8.70 Å². The summed E-state index contributed by atoms with van der Waals surface area (Å²) >= 11 is -2.59. The lowest BCUT2D eigenvalue weighted by Crippen LogP contribution is -2.45. The molecule has 0 aromatic heterocycles. The Morgan fingerprint density at radius 2 is 1.75 bits per heavy atom. The number of hydrogen-bond acceptors (Lipinski definition) is 6. The minimum atomic E-state index is -2.59. The second-order valence-corrected chi connectivity index (χ2v) is 9.94. The number of fused-ring (bicyclic) bond motifs is 1. The predicted octanol–water partition coefficient (Wildman–Crippen LogP) is 1.48. The Kier molecular flexibility index (Phi) is 10.5. The number of halogens is 1. The van der Waals surface area contributed by atoms with Crippen molar-refractivity contribution >= 4 is 39.6 Å². The van der Waals surface area contributed by atoms with Crippen molar-refractivity contribution in [2.75, 3.05) is 45.9 Å². The summed E-state index contributed by atoms with van der Waals surface area (Å²) in [6, 6.07) is 14.8. The van der Waals surface area contributed by atoms with E-state index in [1.165, 1.54) is 16.3 Å². The Hall–Kier alpha value is -2.73. The molecular weight excluding hydrogens is 487 g/mol. The summed E-state index contributed by atoms with van der Waals surface area (Å²) < 4.78 is 36.6. The number of likely N-dealkylation sites (tertiary alicyclic amines) is 1. The molecule has 0 aliphatic carbocycles. The van der Waals surface area contributed by atoms with Gasteiger partial charge in [0.2, 0.25) is 11.8 Å². The molecule has 2 atom stereocenters. The zero-order valence-corrected chi connectivity index (χ0v) is 21.1. The van der Waals surface area contributed by atoms with E-state index in [4.69, 9.17) is 0 Å². The van der Waals surface area contributed by atoms with Crippen LogP contribution in [0.2, 0.25) is 0 Å². The number of amides is 2. The fraction of sp³-hybridized carbons (Fsp3) is 0.480. The molecule has 9 nitrogen and oxygen atoms in total. The largest absolute Gasteiger partial charge is 0.760 e. The fourth-order valence-corrected chi connectivity index (χ4v) is 5.06. The molecule has 1 aliphatic heterocycles. The lowest BCUT2D eigenvalue weighted by molar-refractivity contribution is -0.127. The monoisotopic (exact) mass is 519 g/mol. The van der Waals surface area contributed by atoms with Gasteiger partial charge in [-0.15, -0.1) is 0 Å². The smallest absolute Gasteiger partial charge is 0.239 e. The molecular formula is C25H32FN4O5S-. The van der Waals surface area contributed by atoms with E-state index in [0.717, 1.165) is 30.2 Å². The Morgan fingerprint density at radius 1 is 1.08 bits per heavy atom. The van der Waals surface area contributed by atoms with Crippen molar-refractivity contribution in [1.29, 1.82) is 0 Å². The Morgan fingerprint density at radius 3 is 2.44 bits per heavy atom. The molecule has 1 aliphatic rings. The van der Waals surface area contributed by atoms with Gasteiger partial charge in [0, 0.05) is 23.9 Å². The second-order valence-electron chi connectivity index (χ2n) is 8.99. The highest BCUT2D eigenvalue weighted by Gasteiger charge is 2.26. The molecule has 196 valence electrons. The van der Waals surface area contributed by atoms with Crippen molar-refractivity contribution in [1.82, 2.24) is 19.8 Å². The third kappa shape index (κ3) is 7.89. The van der Waals surface area contributed by atoms with E-state index in [2.05, 4.69) is 52.8 Å². The maximum atomic E-state index is 12.2. The van der Waals surface area contributed by atoms with E-state index in [1.54, 1.807) is 0 Å². The van der Waals surface area contributed by atoms with Crippen molar-refractivity contribution in [3.8, 4) is 0 Å². The number of rotatable bonds is 12. The van der Waals surface area contributed by atoms with Crippen LogP contribution in [0.4, 0.5) is 4.39 Å². The normalized spacial score (nSPS) is 16.6. The van der Waals surface area contributed by atoms with E-state index < -0.39 is 55.2 Å². The molecule has 2 N–H and O–H groups in total. The first-order chi connectivity index (χ1) is 17.3. The third-order valence-electron chi connectivity index (χ3n) is 6.54.